The topological polar surface area (TPSA) is 98.0 Å². The summed E-state index contributed by atoms with van der Waals surface area (Å²) in [6, 6.07) is 3.69. The number of carbonyl (C=O) groups is 1. The molecule has 4 N–H and O–H groups in total. The largest absolute Gasteiger partial charge is 0.508 e. The monoisotopic (exact) mass is 282 g/mol. The van der Waals surface area contributed by atoms with Gasteiger partial charge in [-0.3, -0.25) is 0 Å². The Morgan fingerprint density at radius 1 is 1.30 bits per heavy atom. The minimum atomic E-state index is -1.63. The minimum Gasteiger partial charge on any atom is -0.508 e. The molecule has 0 aliphatic heterocycles. The van der Waals surface area contributed by atoms with Crippen molar-refractivity contribution in [3.05, 3.63) is 29.3 Å². The van der Waals surface area contributed by atoms with E-state index >= 15 is 0 Å². The number of hydrogen-bond donors (Lipinski definition) is 4. The molecule has 0 saturated carbocycles. The van der Waals surface area contributed by atoms with Gasteiger partial charge in [0.2, 0.25) is 0 Å². The van der Waals surface area contributed by atoms with E-state index in [2.05, 4.69) is 0 Å². The number of hydrogen-bond acceptors (Lipinski definition) is 4. The molecule has 0 aliphatic rings. The molecule has 0 radical (unpaired) electrons. The Kier molecular flexibility index (Phi) is 5.14. The van der Waals surface area contributed by atoms with Crippen LogP contribution in [0.3, 0.4) is 0 Å². The maximum atomic E-state index is 10.8. The molecule has 2 atom stereocenters. The number of aromatic hydroxyl groups is 1. The van der Waals surface area contributed by atoms with Crippen molar-refractivity contribution in [3.8, 4) is 5.75 Å². The zero-order valence-electron chi connectivity index (χ0n) is 12.0. The van der Waals surface area contributed by atoms with Crippen molar-refractivity contribution in [1.29, 1.82) is 0 Å². The van der Waals surface area contributed by atoms with E-state index in [1.165, 1.54) is 19.1 Å². The third-order valence-electron chi connectivity index (χ3n) is 3.46. The van der Waals surface area contributed by atoms with Crippen LogP contribution in [0.2, 0.25) is 0 Å². The summed E-state index contributed by atoms with van der Waals surface area (Å²) in [4.78, 5) is 10.8. The fraction of sp³-hybridized carbons (Fsp3) is 0.533. The summed E-state index contributed by atoms with van der Waals surface area (Å²) in [5.41, 5.74) is -1.58. The Morgan fingerprint density at radius 3 is 2.35 bits per heavy atom. The van der Waals surface area contributed by atoms with Crippen LogP contribution in [-0.2, 0) is 5.60 Å². The molecule has 1 aromatic rings. The molecule has 0 aliphatic carbocycles. The zero-order valence-corrected chi connectivity index (χ0v) is 12.0. The number of carboxylic acid groups (broad SMARTS) is 1. The SMILES string of the molecule is CC(C)CC[C@@H](O)[C@](C)(O)c1ccc(C(=O)O)cc1O. The molecule has 0 bridgehead atoms. The summed E-state index contributed by atoms with van der Waals surface area (Å²) in [5, 5.41) is 39.2. The second-order valence-corrected chi connectivity index (χ2v) is 5.67. The van der Waals surface area contributed by atoms with E-state index in [0.29, 0.717) is 12.3 Å². The highest BCUT2D eigenvalue weighted by Crippen LogP contribution is 2.34. The van der Waals surface area contributed by atoms with E-state index in [-0.39, 0.29) is 16.9 Å². The Hall–Kier alpha value is -1.59. The van der Waals surface area contributed by atoms with E-state index in [1.807, 2.05) is 13.8 Å². The van der Waals surface area contributed by atoms with Crippen LogP contribution >= 0.6 is 0 Å². The normalized spacial score (nSPS) is 15.9. The highest BCUT2D eigenvalue weighted by atomic mass is 16.4. The molecule has 0 aromatic heterocycles. The third kappa shape index (κ3) is 3.71. The lowest BCUT2D eigenvalue weighted by Gasteiger charge is -2.30. The van der Waals surface area contributed by atoms with Crippen LogP contribution in [-0.4, -0.2) is 32.5 Å². The predicted octanol–water partition coefficient (Wildman–Crippen LogP) is 2.10. The van der Waals surface area contributed by atoms with Gasteiger partial charge in [0.25, 0.3) is 0 Å². The van der Waals surface area contributed by atoms with Crippen LogP contribution < -0.4 is 0 Å². The van der Waals surface area contributed by atoms with Crippen LogP contribution in [0.4, 0.5) is 0 Å². The van der Waals surface area contributed by atoms with Gasteiger partial charge in [-0.25, -0.2) is 4.79 Å². The first-order valence-corrected chi connectivity index (χ1v) is 6.63. The van der Waals surface area contributed by atoms with Gasteiger partial charge in [-0.05, 0) is 37.8 Å². The van der Waals surface area contributed by atoms with Gasteiger partial charge in [-0.15, -0.1) is 0 Å². The first-order chi connectivity index (χ1) is 9.16. The van der Waals surface area contributed by atoms with Crippen molar-refractivity contribution in [2.24, 2.45) is 5.92 Å². The Morgan fingerprint density at radius 2 is 1.90 bits per heavy atom. The highest BCUT2D eigenvalue weighted by Gasteiger charge is 2.34. The molecular formula is C15H22O5. The number of phenols is 1. The number of aliphatic hydroxyl groups is 2. The van der Waals surface area contributed by atoms with Crippen molar-refractivity contribution in [3.63, 3.8) is 0 Å². The summed E-state index contributed by atoms with van der Waals surface area (Å²) < 4.78 is 0. The number of carboxylic acids is 1. The quantitative estimate of drug-likeness (QED) is 0.640. The maximum Gasteiger partial charge on any atom is 0.335 e. The fourth-order valence-corrected chi connectivity index (χ4v) is 2.04. The molecule has 1 aromatic carbocycles. The maximum absolute atomic E-state index is 10.8. The Labute approximate surface area is 118 Å². The lowest BCUT2D eigenvalue weighted by atomic mass is 9.85. The van der Waals surface area contributed by atoms with Crippen LogP contribution in [0.1, 0.15) is 49.5 Å². The van der Waals surface area contributed by atoms with Gasteiger partial charge >= 0.3 is 5.97 Å². The van der Waals surface area contributed by atoms with Crippen LogP contribution in [0.5, 0.6) is 5.75 Å². The predicted molar refractivity (Wildman–Crippen MR) is 74.7 cm³/mol. The second-order valence-electron chi connectivity index (χ2n) is 5.67. The van der Waals surface area contributed by atoms with Gasteiger partial charge < -0.3 is 20.4 Å². The summed E-state index contributed by atoms with van der Waals surface area (Å²) in [5.74, 6) is -1.10. The van der Waals surface area contributed by atoms with Crippen molar-refractivity contribution in [2.75, 3.05) is 0 Å². The smallest absolute Gasteiger partial charge is 0.335 e. The molecule has 5 heteroatoms. The van der Waals surface area contributed by atoms with E-state index in [1.54, 1.807) is 0 Å². The molecule has 0 spiro atoms. The molecule has 0 fully saturated rings. The minimum absolute atomic E-state index is 0.0706. The molecule has 0 saturated heterocycles. The lowest BCUT2D eigenvalue weighted by molar-refractivity contribution is -0.0730. The summed E-state index contributed by atoms with van der Waals surface area (Å²) in [7, 11) is 0. The van der Waals surface area contributed by atoms with Crippen molar-refractivity contribution in [1.82, 2.24) is 0 Å². The summed E-state index contributed by atoms with van der Waals surface area (Å²) in [6.45, 7) is 5.44. The molecule has 5 nitrogen and oxygen atoms in total. The number of rotatable bonds is 6. The fourth-order valence-electron chi connectivity index (χ4n) is 2.04. The summed E-state index contributed by atoms with van der Waals surface area (Å²) in [6.07, 6.45) is 0.0993. The molecule has 20 heavy (non-hydrogen) atoms. The van der Waals surface area contributed by atoms with E-state index < -0.39 is 17.7 Å². The van der Waals surface area contributed by atoms with Crippen molar-refractivity contribution in [2.45, 2.75) is 45.3 Å². The average molecular weight is 282 g/mol. The van der Waals surface area contributed by atoms with E-state index in [4.69, 9.17) is 5.11 Å². The van der Waals surface area contributed by atoms with Crippen molar-refractivity contribution >= 4 is 5.97 Å². The van der Waals surface area contributed by atoms with Gasteiger partial charge in [0.15, 0.2) is 0 Å². The van der Waals surface area contributed by atoms with Gasteiger partial charge in [0, 0.05) is 5.56 Å². The molecule has 112 valence electrons. The van der Waals surface area contributed by atoms with Crippen molar-refractivity contribution < 1.29 is 25.2 Å². The zero-order chi connectivity index (χ0) is 15.5. The molecule has 1 rings (SSSR count). The van der Waals surface area contributed by atoms with Crippen LogP contribution in [0.15, 0.2) is 18.2 Å². The lowest BCUT2D eigenvalue weighted by Crippen LogP contribution is -2.36. The van der Waals surface area contributed by atoms with E-state index in [0.717, 1.165) is 12.5 Å². The second kappa shape index (κ2) is 6.24. The summed E-state index contributed by atoms with van der Waals surface area (Å²) >= 11 is 0. The van der Waals surface area contributed by atoms with Gasteiger partial charge in [-0.2, -0.15) is 0 Å². The van der Waals surface area contributed by atoms with Gasteiger partial charge in [-0.1, -0.05) is 19.9 Å². The number of phenolic OH excluding ortho intramolecular Hbond substituents is 1. The molecule has 0 amide bonds. The number of aliphatic hydroxyl groups excluding tert-OH is 1. The third-order valence-corrected chi connectivity index (χ3v) is 3.46. The first kappa shape index (κ1) is 16.5. The molecule has 0 heterocycles. The van der Waals surface area contributed by atoms with Gasteiger partial charge in [0.05, 0.1) is 11.7 Å². The van der Waals surface area contributed by atoms with Gasteiger partial charge in [0.1, 0.15) is 11.4 Å². The number of benzene rings is 1. The number of aromatic carboxylic acids is 1. The highest BCUT2D eigenvalue weighted by molar-refractivity contribution is 5.88. The molecular weight excluding hydrogens is 260 g/mol. The van der Waals surface area contributed by atoms with E-state index in [9.17, 15) is 20.1 Å². The molecule has 0 unspecified atom stereocenters. The van der Waals surface area contributed by atoms with Crippen LogP contribution in [0.25, 0.3) is 0 Å². The average Bonchev–Trinajstić information content (AvgIpc) is 2.35. The Bertz CT molecular complexity index is 479. The standard InChI is InChI=1S/C15H22O5/c1-9(2)4-7-13(17)15(3,20)11-6-5-10(14(18)19)8-12(11)16/h5-6,8-9,13,16-17,20H,4,7H2,1-3H3,(H,18,19)/t13-,15-/m1/s1. The van der Waals surface area contributed by atoms with Crippen LogP contribution in [0, 0.1) is 5.92 Å². The first-order valence-electron chi connectivity index (χ1n) is 6.63. The Balaban J connectivity index is 2.99.